The normalized spacial score (nSPS) is 20.1. The number of amides is 4. The second kappa shape index (κ2) is 7.20. The van der Waals surface area contributed by atoms with Gasteiger partial charge in [0, 0.05) is 17.8 Å². The standard InChI is InChI=1S/C20H21N3O5/c24-9-8-22-17(25)11-16(20(22)28)21-12-6-7-14-15(10-12)19(27)23(18(14)26)13-4-2-1-3-5-13/h6-7,10-11,13,21,24H,1-5,8-9H2. The van der Waals surface area contributed by atoms with Crippen LogP contribution in [0.1, 0.15) is 52.8 Å². The van der Waals surface area contributed by atoms with Gasteiger partial charge in [0.25, 0.3) is 23.6 Å². The molecule has 0 spiro atoms. The van der Waals surface area contributed by atoms with Crippen molar-refractivity contribution in [1.82, 2.24) is 9.80 Å². The quantitative estimate of drug-likeness (QED) is 0.742. The van der Waals surface area contributed by atoms with E-state index < -0.39 is 11.8 Å². The third kappa shape index (κ3) is 2.99. The molecule has 1 aromatic carbocycles. The number of rotatable bonds is 5. The minimum Gasteiger partial charge on any atom is -0.395 e. The van der Waals surface area contributed by atoms with E-state index in [0.29, 0.717) is 16.8 Å². The van der Waals surface area contributed by atoms with Gasteiger partial charge in [0.1, 0.15) is 5.70 Å². The van der Waals surface area contributed by atoms with Crippen LogP contribution < -0.4 is 5.32 Å². The van der Waals surface area contributed by atoms with Gasteiger partial charge in [-0.15, -0.1) is 0 Å². The Bertz CT molecular complexity index is 901. The van der Waals surface area contributed by atoms with Gasteiger partial charge in [-0.3, -0.25) is 29.0 Å². The zero-order valence-corrected chi connectivity index (χ0v) is 15.3. The van der Waals surface area contributed by atoms with Crippen LogP contribution in [0.25, 0.3) is 0 Å². The Morgan fingerprint density at radius 3 is 2.39 bits per heavy atom. The van der Waals surface area contributed by atoms with Crippen molar-refractivity contribution in [3.05, 3.63) is 41.1 Å². The average molecular weight is 383 g/mol. The number of nitrogens with zero attached hydrogens (tertiary/aromatic N) is 2. The molecule has 2 N–H and O–H groups in total. The molecule has 0 saturated heterocycles. The number of fused-ring (bicyclic) bond motifs is 1. The summed E-state index contributed by atoms with van der Waals surface area (Å²) in [6, 6.07) is 4.68. The Morgan fingerprint density at radius 1 is 0.964 bits per heavy atom. The molecule has 1 saturated carbocycles. The van der Waals surface area contributed by atoms with Crippen molar-refractivity contribution in [1.29, 1.82) is 0 Å². The van der Waals surface area contributed by atoms with E-state index in [1.54, 1.807) is 18.2 Å². The minimum atomic E-state index is -0.536. The number of β-amino-alcohol motifs (C(OH)–C–C–N with tert-alkyl or cyclic N) is 1. The molecule has 3 aliphatic rings. The highest BCUT2D eigenvalue weighted by Crippen LogP contribution is 2.32. The lowest BCUT2D eigenvalue weighted by Crippen LogP contribution is -2.40. The van der Waals surface area contributed by atoms with Gasteiger partial charge in [-0.05, 0) is 31.0 Å². The Hall–Kier alpha value is -3.00. The molecule has 0 aromatic heterocycles. The maximum Gasteiger partial charge on any atom is 0.277 e. The van der Waals surface area contributed by atoms with Crippen LogP contribution in [0.3, 0.4) is 0 Å². The second-order valence-corrected chi connectivity index (χ2v) is 7.23. The van der Waals surface area contributed by atoms with Gasteiger partial charge in [-0.25, -0.2) is 0 Å². The van der Waals surface area contributed by atoms with Crippen LogP contribution in [0.4, 0.5) is 5.69 Å². The largest absolute Gasteiger partial charge is 0.395 e. The molecule has 0 radical (unpaired) electrons. The molecule has 1 aliphatic carbocycles. The minimum absolute atomic E-state index is 0.0543. The number of carbonyl (C=O) groups is 4. The van der Waals surface area contributed by atoms with Crippen LogP contribution in [-0.2, 0) is 9.59 Å². The van der Waals surface area contributed by atoms with Crippen molar-refractivity contribution in [3.63, 3.8) is 0 Å². The third-order valence-corrected chi connectivity index (χ3v) is 5.47. The maximum absolute atomic E-state index is 12.9. The highest BCUT2D eigenvalue weighted by Gasteiger charge is 2.40. The summed E-state index contributed by atoms with van der Waals surface area (Å²) in [6.07, 6.45) is 5.98. The zero-order valence-electron chi connectivity index (χ0n) is 15.3. The van der Waals surface area contributed by atoms with Crippen LogP contribution in [0.5, 0.6) is 0 Å². The molecule has 28 heavy (non-hydrogen) atoms. The summed E-state index contributed by atoms with van der Waals surface area (Å²) in [7, 11) is 0. The van der Waals surface area contributed by atoms with Gasteiger partial charge in [-0.1, -0.05) is 19.3 Å². The molecule has 8 nitrogen and oxygen atoms in total. The summed E-state index contributed by atoms with van der Waals surface area (Å²) in [5.74, 6) is -1.61. The van der Waals surface area contributed by atoms with Crippen molar-refractivity contribution in [2.75, 3.05) is 18.5 Å². The molecule has 2 aliphatic heterocycles. The first-order valence-corrected chi connectivity index (χ1v) is 9.48. The summed E-state index contributed by atoms with van der Waals surface area (Å²) in [4.78, 5) is 52.0. The Balaban J connectivity index is 1.55. The highest BCUT2D eigenvalue weighted by atomic mass is 16.3. The summed E-state index contributed by atoms with van der Waals surface area (Å²) in [5.41, 5.74) is 1.19. The Labute approximate surface area is 161 Å². The number of benzene rings is 1. The number of aliphatic hydroxyl groups excluding tert-OH is 1. The molecular formula is C20H21N3O5. The van der Waals surface area contributed by atoms with Crippen LogP contribution in [0.15, 0.2) is 30.0 Å². The summed E-state index contributed by atoms with van der Waals surface area (Å²) in [5, 5.41) is 11.8. The first-order chi connectivity index (χ1) is 13.5. The molecule has 4 amide bonds. The number of hydrogen-bond donors (Lipinski definition) is 2. The van der Waals surface area contributed by atoms with Crippen molar-refractivity contribution in [3.8, 4) is 0 Å². The number of hydrogen-bond acceptors (Lipinski definition) is 6. The molecule has 0 bridgehead atoms. The molecule has 1 aromatic rings. The van der Waals surface area contributed by atoms with Crippen molar-refractivity contribution in [2.45, 2.75) is 38.1 Å². The number of aliphatic hydroxyl groups is 1. The van der Waals surface area contributed by atoms with E-state index >= 15 is 0 Å². The highest BCUT2D eigenvalue weighted by molar-refractivity contribution is 6.22. The predicted molar refractivity (Wildman–Crippen MR) is 99.3 cm³/mol. The van der Waals surface area contributed by atoms with Crippen LogP contribution in [0.2, 0.25) is 0 Å². The van der Waals surface area contributed by atoms with Gasteiger partial charge in [-0.2, -0.15) is 0 Å². The lowest BCUT2D eigenvalue weighted by atomic mass is 9.94. The van der Waals surface area contributed by atoms with Crippen LogP contribution in [-0.4, -0.2) is 57.7 Å². The van der Waals surface area contributed by atoms with E-state index in [4.69, 9.17) is 5.11 Å². The average Bonchev–Trinajstić information content (AvgIpc) is 3.10. The zero-order chi connectivity index (χ0) is 19.8. The lowest BCUT2D eigenvalue weighted by Gasteiger charge is -2.29. The van der Waals surface area contributed by atoms with E-state index in [9.17, 15) is 19.2 Å². The lowest BCUT2D eigenvalue weighted by molar-refractivity contribution is -0.137. The summed E-state index contributed by atoms with van der Waals surface area (Å²) < 4.78 is 0. The molecule has 2 heterocycles. The number of imide groups is 2. The van der Waals surface area contributed by atoms with E-state index in [1.165, 1.54) is 4.90 Å². The van der Waals surface area contributed by atoms with Gasteiger partial charge < -0.3 is 10.4 Å². The molecular weight excluding hydrogens is 362 g/mol. The van der Waals surface area contributed by atoms with Crippen molar-refractivity contribution >= 4 is 29.3 Å². The topological polar surface area (TPSA) is 107 Å². The van der Waals surface area contributed by atoms with Gasteiger partial charge >= 0.3 is 0 Å². The fraction of sp³-hybridized carbons (Fsp3) is 0.400. The third-order valence-electron chi connectivity index (χ3n) is 5.47. The number of carbonyl (C=O) groups excluding carboxylic acids is 4. The molecule has 4 rings (SSSR count). The van der Waals surface area contributed by atoms with E-state index in [0.717, 1.165) is 43.1 Å². The Kier molecular flexibility index (Phi) is 4.72. The first-order valence-electron chi connectivity index (χ1n) is 9.48. The predicted octanol–water partition coefficient (Wildman–Crippen LogP) is 1.27. The second-order valence-electron chi connectivity index (χ2n) is 7.23. The number of anilines is 1. The SMILES string of the molecule is O=C1C=C(Nc2ccc3c(c2)C(=O)N(C2CCCCC2)C3=O)C(=O)N1CCO. The smallest absolute Gasteiger partial charge is 0.277 e. The summed E-state index contributed by atoms with van der Waals surface area (Å²) in [6.45, 7) is -0.391. The van der Waals surface area contributed by atoms with Gasteiger partial charge in [0.05, 0.1) is 24.3 Å². The monoisotopic (exact) mass is 383 g/mol. The van der Waals surface area contributed by atoms with E-state index in [-0.39, 0.29) is 36.7 Å². The molecule has 8 heteroatoms. The van der Waals surface area contributed by atoms with Crippen LogP contribution in [0, 0.1) is 0 Å². The van der Waals surface area contributed by atoms with Crippen molar-refractivity contribution < 1.29 is 24.3 Å². The Morgan fingerprint density at radius 2 is 1.68 bits per heavy atom. The van der Waals surface area contributed by atoms with E-state index in [1.807, 2.05) is 0 Å². The molecule has 0 unspecified atom stereocenters. The van der Waals surface area contributed by atoms with Crippen LogP contribution >= 0.6 is 0 Å². The molecule has 146 valence electrons. The molecule has 0 atom stereocenters. The fourth-order valence-corrected chi connectivity index (χ4v) is 4.07. The molecule has 1 fully saturated rings. The summed E-state index contributed by atoms with van der Waals surface area (Å²) >= 11 is 0. The van der Waals surface area contributed by atoms with Gasteiger partial charge in [0.2, 0.25) is 0 Å². The first kappa shape index (κ1) is 18.4. The van der Waals surface area contributed by atoms with Crippen molar-refractivity contribution in [2.24, 2.45) is 0 Å². The van der Waals surface area contributed by atoms with E-state index in [2.05, 4.69) is 5.32 Å². The van der Waals surface area contributed by atoms with Gasteiger partial charge in [0.15, 0.2) is 0 Å². The number of nitrogens with one attached hydrogen (secondary N) is 1. The maximum atomic E-state index is 12.9. The fourth-order valence-electron chi connectivity index (χ4n) is 4.07.